The molecule has 0 saturated carbocycles. The maximum Gasteiger partial charge on any atom is 0.268 e. The molecule has 0 bridgehead atoms. The third-order valence-electron chi connectivity index (χ3n) is 4.54. The van der Waals surface area contributed by atoms with Crippen molar-refractivity contribution in [1.29, 1.82) is 5.26 Å². The number of nitriles is 1. The van der Waals surface area contributed by atoms with Crippen LogP contribution in [0.3, 0.4) is 0 Å². The first-order valence-electron chi connectivity index (χ1n) is 10.3. The second kappa shape index (κ2) is 11.1. The molecule has 1 aromatic carbocycles. The van der Waals surface area contributed by atoms with Crippen molar-refractivity contribution in [3.63, 3.8) is 0 Å². The summed E-state index contributed by atoms with van der Waals surface area (Å²) in [5, 5.41) is 21.6. The monoisotopic (exact) mass is 435 g/mol. The quantitative estimate of drug-likeness (QED) is 0.275. The lowest BCUT2D eigenvalue weighted by Gasteiger charge is -2.09. The van der Waals surface area contributed by atoms with E-state index < -0.39 is 5.91 Å². The maximum atomic E-state index is 12.6. The number of hydrogen-bond donors (Lipinski definition) is 1. The number of aromatic nitrogens is 3. The fourth-order valence-electron chi connectivity index (χ4n) is 3.01. The van der Waals surface area contributed by atoms with Gasteiger partial charge in [0.25, 0.3) is 5.91 Å². The van der Waals surface area contributed by atoms with Crippen LogP contribution in [0.25, 0.3) is 11.8 Å². The number of hydrogen-bond acceptors (Lipinski definition) is 6. The molecule has 0 fully saturated rings. The number of carbonyl (C=O) groups is 1. The van der Waals surface area contributed by atoms with Crippen molar-refractivity contribution in [1.82, 2.24) is 14.8 Å². The smallest absolute Gasteiger partial charge is 0.268 e. The predicted octanol–water partition coefficient (Wildman–Crippen LogP) is 5.01. The molecule has 0 unspecified atom stereocenters. The number of rotatable bonds is 10. The first kappa shape index (κ1) is 22.2. The van der Waals surface area contributed by atoms with Crippen LogP contribution < -0.4 is 10.1 Å². The highest BCUT2D eigenvalue weighted by molar-refractivity contribution is 7.15. The van der Waals surface area contributed by atoms with Crippen molar-refractivity contribution in [2.75, 3.05) is 11.9 Å². The molecule has 0 atom stereocenters. The second-order valence-electron chi connectivity index (χ2n) is 6.81. The van der Waals surface area contributed by atoms with Gasteiger partial charge in [-0.2, -0.15) is 5.26 Å². The van der Waals surface area contributed by atoms with Gasteiger partial charge in [-0.05, 0) is 55.8 Å². The summed E-state index contributed by atoms with van der Waals surface area (Å²) in [5.41, 5.74) is 1.61. The normalized spacial score (nSPS) is 11.2. The Balaban J connectivity index is 1.73. The molecule has 0 saturated heterocycles. The van der Waals surface area contributed by atoms with Crippen LogP contribution in [0.1, 0.15) is 43.8 Å². The van der Waals surface area contributed by atoms with E-state index in [0.29, 0.717) is 17.4 Å². The number of nitrogens with one attached hydrogen (secondary N) is 1. The zero-order valence-electron chi connectivity index (χ0n) is 17.7. The Morgan fingerprint density at radius 3 is 2.74 bits per heavy atom. The standard InChI is InChI=1S/C23H25N5O2S/c1-3-5-6-9-21-26-27-23(31-21)25-22(29)17(16-24)15-19-8-7-14-28(19)18-10-12-20(13-11-18)30-4-2/h7-8,10-15H,3-6,9H2,1-2H3,(H,25,27,29). The fraction of sp³-hybridized carbons (Fsp3) is 0.304. The van der Waals surface area contributed by atoms with E-state index in [9.17, 15) is 10.1 Å². The molecule has 3 rings (SSSR count). The molecule has 2 aromatic heterocycles. The number of amides is 1. The lowest BCUT2D eigenvalue weighted by Crippen LogP contribution is -2.13. The minimum atomic E-state index is -0.502. The van der Waals surface area contributed by atoms with Crippen LogP contribution in [0.4, 0.5) is 5.13 Å². The third kappa shape index (κ3) is 6.03. The first-order chi connectivity index (χ1) is 15.1. The van der Waals surface area contributed by atoms with E-state index >= 15 is 0 Å². The van der Waals surface area contributed by atoms with Crippen LogP contribution in [-0.4, -0.2) is 27.3 Å². The van der Waals surface area contributed by atoms with Gasteiger partial charge in [-0.15, -0.1) is 10.2 Å². The van der Waals surface area contributed by atoms with Crippen LogP contribution in [0.5, 0.6) is 5.75 Å². The molecule has 31 heavy (non-hydrogen) atoms. The molecule has 1 N–H and O–H groups in total. The number of ether oxygens (including phenoxy) is 1. The average Bonchev–Trinajstić information content (AvgIpc) is 3.42. The van der Waals surface area contributed by atoms with Crippen molar-refractivity contribution >= 4 is 28.5 Å². The fourth-order valence-corrected chi connectivity index (χ4v) is 3.79. The van der Waals surface area contributed by atoms with Gasteiger partial charge < -0.3 is 9.30 Å². The number of nitrogens with zero attached hydrogens (tertiary/aromatic N) is 4. The van der Waals surface area contributed by atoms with Crippen LogP contribution in [0.15, 0.2) is 48.2 Å². The van der Waals surface area contributed by atoms with Gasteiger partial charge in [-0.1, -0.05) is 31.1 Å². The summed E-state index contributed by atoms with van der Waals surface area (Å²) < 4.78 is 7.38. The topological polar surface area (TPSA) is 92.8 Å². The largest absolute Gasteiger partial charge is 0.494 e. The Hall–Kier alpha value is -3.44. The summed E-state index contributed by atoms with van der Waals surface area (Å²) in [6, 6.07) is 13.3. The molecule has 0 aliphatic carbocycles. The summed E-state index contributed by atoms with van der Waals surface area (Å²) in [4.78, 5) is 12.6. The van der Waals surface area contributed by atoms with Gasteiger partial charge in [0.15, 0.2) is 0 Å². The summed E-state index contributed by atoms with van der Waals surface area (Å²) >= 11 is 1.34. The molecular formula is C23H25N5O2S. The molecule has 3 aromatic rings. The predicted molar refractivity (Wildman–Crippen MR) is 122 cm³/mol. The molecule has 0 spiro atoms. The molecular weight excluding hydrogens is 410 g/mol. The molecule has 0 aliphatic rings. The number of benzene rings is 1. The van der Waals surface area contributed by atoms with Crippen molar-refractivity contribution in [2.45, 2.75) is 39.5 Å². The van der Waals surface area contributed by atoms with Crippen LogP contribution in [0.2, 0.25) is 0 Å². The first-order valence-corrected chi connectivity index (χ1v) is 11.1. The third-order valence-corrected chi connectivity index (χ3v) is 5.44. The summed E-state index contributed by atoms with van der Waals surface area (Å²) in [6.07, 6.45) is 7.60. The maximum absolute atomic E-state index is 12.6. The van der Waals surface area contributed by atoms with Crippen LogP contribution in [0, 0.1) is 11.3 Å². The van der Waals surface area contributed by atoms with Gasteiger partial charge in [0.2, 0.25) is 5.13 Å². The van der Waals surface area contributed by atoms with Crippen LogP contribution >= 0.6 is 11.3 Å². The number of carbonyl (C=O) groups excluding carboxylic acids is 1. The summed E-state index contributed by atoms with van der Waals surface area (Å²) in [6.45, 7) is 4.69. The van der Waals surface area contributed by atoms with E-state index in [1.165, 1.54) is 11.3 Å². The minimum absolute atomic E-state index is 0.00591. The minimum Gasteiger partial charge on any atom is -0.494 e. The highest BCUT2D eigenvalue weighted by atomic mass is 32.1. The Labute approximate surface area is 186 Å². The van der Waals surface area contributed by atoms with Crippen LogP contribution in [-0.2, 0) is 11.2 Å². The lowest BCUT2D eigenvalue weighted by atomic mass is 10.2. The summed E-state index contributed by atoms with van der Waals surface area (Å²) in [7, 11) is 0. The van der Waals surface area contributed by atoms with E-state index in [0.717, 1.165) is 42.1 Å². The van der Waals surface area contributed by atoms with Gasteiger partial charge in [0.1, 0.15) is 22.4 Å². The lowest BCUT2D eigenvalue weighted by molar-refractivity contribution is -0.112. The van der Waals surface area contributed by atoms with E-state index in [2.05, 4.69) is 22.4 Å². The van der Waals surface area contributed by atoms with Gasteiger partial charge in [0.05, 0.1) is 6.61 Å². The Bertz CT molecular complexity index is 1080. The molecule has 7 nitrogen and oxygen atoms in total. The van der Waals surface area contributed by atoms with E-state index in [1.54, 1.807) is 6.08 Å². The molecule has 2 heterocycles. The summed E-state index contributed by atoms with van der Waals surface area (Å²) in [5.74, 6) is 0.289. The van der Waals surface area contributed by atoms with Gasteiger partial charge in [0, 0.05) is 24.0 Å². The van der Waals surface area contributed by atoms with Gasteiger partial charge in [-0.25, -0.2) is 0 Å². The SMILES string of the molecule is CCCCCc1nnc(NC(=O)C(C#N)=Cc2cccn2-c2ccc(OCC)cc2)s1. The van der Waals surface area contributed by atoms with Crippen molar-refractivity contribution < 1.29 is 9.53 Å². The van der Waals surface area contributed by atoms with E-state index in [4.69, 9.17) is 4.74 Å². The highest BCUT2D eigenvalue weighted by Crippen LogP contribution is 2.21. The Morgan fingerprint density at radius 1 is 1.23 bits per heavy atom. The number of aryl methyl sites for hydroxylation is 1. The Kier molecular flexibility index (Phi) is 7.96. The van der Waals surface area contributed by atoms with Crippen molar-refractivity contribution in [2.24, 2.45) is 0 Å². The Morgan fingerprint density at radius 2 is 2.03 bits per heavy atom. The van der Waals surface area contributed by atoms with Gasteiger partial charge in [-0.3, -0.25) is 10.1 Å². The number of unbranched alkanes of at least 4 members (excludes halogenated alkanes) is 2. The molecule has 0 radical (unpaired) electrons. The second-order valence-corrected chi connectivity index (χ2v) is 7.87. The highest BCUT2D eigenvalue weighted by Gasteiger charge is 2.14. The van der Waals surface area contributed by atoms with Crippen molar-refractivity contribution in [3.05, 3.63) is 58.9 Å². The zero-order valence-corrected chi connectivity index (χ0v) is 18.5. The van der Waals surface area contributed by atoms with Crippen molar-refractivity contribution in [3.8, 4) is 17.5 Å². The zero-order chi connectivity index (χ0) is 22.1. The van der Waals surface area contributed by atoms with Gasteiger partial charge >= 0.3 is 0 Å². The molecule has 0 aliphatic heterocycles. The molecule has 8 heteroatoms. The number of anilines is 1. The molecule has 1 amide bonds. The average molecular weight is 436 g/mol. The van der Waals surface area contributed by atoms with E-state index in [-0.39, 0.29) is 5.57 Å². The van der Waals surface area contributed by atoms with E-state index in [1.807, 2.05) is 60.2 Å². The molecule has 160 valence electrons.